The maximum atomic E-state index is 11.8. The minimum atomic E-state index is -1.27. The molecule has 86 valence electrons. The summed E-state index contributed by atoms with van der Waals surface area (Å²) in [6, 6.07) is 8.42. The minimum absolute atomic E-state index is 0.247. The molecule has 0 saturated heterocycles. The molecule has 0 radical (unpaired) electrons. The second-order valence-electron chi connectivity index (χ2n) is 2.95. The van der Waals surface area contributed by atoms with Gasteiger partial charge in [0.2, 0.25) is 5.78 Å². The van der Waals surface area contributed by atoms with E-state index >= 15 is 0 Å². The zero-order chi connectivity index (χ0) is 12.0. The Hall–Kier alpha value is -1.88. The Morgan fingerprint density at radius 2 is 1.94 bits per heavy atom. The van der Waals surface area contributed by atoms with Crippen LogP contribution in [0.3, 0.4) is 0 Å². The molecule has 0 bridgehead atoms. The molecule has 0 aliphatic heterocycles. The number of primary amides is 1. The summed E-state index contributed by atoms with van der Waals surface area (Å²) in [4.78, 5) is 22.4. The first-order valence-electron chi connectivity index (χ1n) is 4.82. The Balaban J connectivity index is 2.78. The van der Waals surface area contributed by atoms with Crippen molar-refractivity contribution in [3.05, 3.63) is 35.9 Å². The standard InChI is InChI=1S/C11H13NO4/c1-2-15-10(16-11(12)14)9(13)8-6-4-3-5-7-8/h3-7,10H,2H2,1H3,(H2,12,14). The van der Waals surface area contributed by atoms with Crippen molar-refractivity contribution in [1.29, 1.82) is 0 Å². The lowest BCUT2D eigenvalue weighted by molar-refractivity contribution is -0.0720. The molecule has 1 amide bonds. The molecular weight excluding hydrogens is 210 g/mol. The number of hydrogen-bond acceptors (Lipinski definition) is 4. The van der Waals surface area contributed by atoms with E-state index in [4.69, 9.17) is 10.5 Å². The third-order valence-electron chi connectivity index (χ3n) is 1.81. The van der Waals surface area contributed by atoms with Gasteiger partial charge in [-0.15, -0.1) is 0 Å². The number of rotatable bonds is 5. The summed E-state index contributed by atoms with van der Waals surface area (Å²) in [5.41, 5.74) is 5.25. The van der Waals surface area contributed by atoms with Crippen molar-refractivity contribution in [1.82, 2.24) is 0 Å². The quantitative estimate of drug-likeness (QED) is 0.603. The van der Waals surface area contributed by atoms with Crippen molar-refractivity contribution in [2.75, 3.05) is 6.61 Å². The SMILES string of the molecule is CCOC(OC(N)=O)C(=O)c1ccccc1. The van der Waals surface area contributed by atoms with E-state index in [0.717, 1.165) is 0 Å². The monoisotopic (exact) mass is 223 g/mol. The van der Waals surface area contributed by atoms with Crippen LogP contribution >= 0.6 is 0 Å². The summed E-state index contributed by atoms with van der Waals surface area (Å²) < 4.78 is 9.57. The molecule has 1 rings (SSSR count). The second-order valence-corrected chi connectivity index (χ2v) is 2.95. The van der Waals surface area contributed by atoms with Crippen molar-refractivity contribution in [3.63, 3.8) is 0 Å². The van der Waals surface area contributed by atoms with Crippen molar-refractivity contribution in [2.24, 2.45) is 5.73 Å². The van der Waals surface area contributed by atoms with Crippen LogP contribution in [0, 0.1) is 0 Å². The molecule has 0 spiro atoms. The van der Waals surface area contributed by atoms with Crippen LogP contribution in [0.5, 0.6) is 0 Å². The number of ketones is 1. The Morgan fingerprint density at radius 1 is 1.31 bits per heavy atom. The van der Waals surface area contributed by atoms with Crippen molar-refractivity contribution >= 4 is 11.9 Å². The van der Waals surface area contributed by atoms with Gasteiger partial charge in [-0.2, -0.15) is 0 Å². The molecule has 0 fully saturated rings. The van der Waals surface area contributed by atoms with E-state index in [0.29, 0.717) is 5.56 Å². The van der Waals surface area contributed by atoms with E-state index in [1.165, 1.54) is 0 Å². The van der Waals surface area contributed by atoms with E-state index in [2.05, 4.69) is 4.74 Å². The van der Waals surface area contributed by atoms with Gasteiger partial charge in [0.1, 0.15) is 0 Å². The van der Waals surface area contributed by atoms with Gasteiger partial charge in [0, 0.05) is 12.2 Å². The molecule has 0 aromatic heterocycles. The van der Waals surface area contributed by atoms with Crippen LogP contribution in [0.15, 0.2) is 30.3 Å². The summed E-state index contributed by atoms with van der Waals surface area (Å²) in [6.07, 6.45) is -2.31. The van der Waals surface area contributed by atoms with E-state index in [1.54, 1.807) is 37.3 Å². The number of Topliss-reactive ketones (excluding diaryl/α,β-unsaturated/α-hetero) is 1. The van der Waals surface area contributed by atoms with E-state index < -0.39 is 18.2 Å². The first kappa shape index (κ1) is 12.2. The van der Waals surface area contributed by atoms with Crippen LogP contribution in [-0.4, -0.2) is 24.8 Å². The number of carbonyl (C=O) groups is 2. The summed E-state index contributed by atoms with van der Waals surface area (Å²) in [5, 5.41) is 0. The number of benzene rings is 1. The zero-order valence-corrected chi connectivity index (χ0v) is 8.88. The fourth-order valence-electron chi connectivity index (χ4n) is 1.16. The largest absolute Gasteiger partial charge is 0.412 e. The van der Waals surface area contributed by atoms with Gasteiger partial charge in [-0.1, -0.05) is 30.3 Å². The first-order valence-corrected chi connectivity index (χ1v) is 4.82. The van der Waals surface area contributed by atoms with Crippen molar-refractivity contribution < 1.29 is 19.1 Å². The lowest BCUT2D eigenvalue weighted by Crippen LogP contribution is -2.32. The molecule has 5 heteroatoms. The molecule has 5 nitrogen and oxygen atoms in total. The Kier molecular flexibility index (Phi) is 4.47. The average molecular weight is 223 g/mol. The number of ether oxygens (including phenoxy) is 2. The van der Waals surface area contributed by atoms with Crippen molar-refractivity contribution in [2.45, 2.75) is 13.2 Å². The number of nitrogens with two attached hydrogens (primary N) is 1. The normalized spacial score (nSPS) is 11.8. The predicted octanol–water partition coefficient (Wildman–Crippen LogP) is 1.33. The van der Waals surface area contributed by atoms with Gasteiger partial charge >= 0.3 is 6.09 Å². The van der Waals surface area contributed by atoms with Crippen LogP contribution in [0.1, 0.15) is 17.3 Å². The van der Waals surface area contributed by atoms with Gasteiger partial charge in [-0.3, -0.25) is 4.79 Å². The molecule has 0 saturated carbocycles. The zero-order valence-electron chi connectivity index (χ0n) is 8.88. The van der Waals surface area contributed by atoms with Crippen molar-refractivity contribution in [3.8, 4) is 0 Å². The highest BCUT2D eigenvalue weighted by Gasteiger charge is 2.23. The summed E-state index contributed by atoms with van der Waals surface area (Å²) in [6.45, 7) is 1.94. The topological polar surface area (TPSA) is 78.6 Å². The molecule has 1 aromatic carbocycles. The van der Waals surface area contributed by atoms with Crippen LogP contribution in [-0.2, 0) is 9.47 Å². The molecular formula is C11H13NO4. The summed E-state index contributed by atoms with van der Waals surface area (Å²) in [5.74, 6) is -0.429. The van der Waals surface area contributed by atoms with Crippen LogP contribution in [0.25, 0.3) is 0 Å². The van der Waals surface area contributed by atoms with Gasteiger partial charge in [0.25, 0.3) is 6.29 Å². The van der Waals surface area contributed by atoms with E-state index in [1.807, 2.05) is 0 Å². The highest BCUT2D eigenvalue weighted by Crippen LogP contribution is 2.07. The molecule has 1 atom stereocenters. The van der Waals surface area contributed by atoms with E-state index in [9.17, 15) is 9.59 Å². The Labute approximate surface area is 93.1 Å². The number of carbonyl (C=O) groups excluding carboxylic acids is 2. The summed E-state index contributed by atoms with van der Waals surface area (Å²) in [7, 11) is 0. The molecule has 2 N–H and O–H groups in total. The Bertz CT molecular complexity index is 364. The fourth-order valence-corrected chi connectivity index (χ4v) is 1.16. The number of hydrogen-bond donors (Lipinski definition) is 1. The second kappa shape index (κ2) is 5.87. The molecule has 1 aromatic rings. The number of amides is 1. The first-order chi connectivity index (χ1) is 7.65. The minimum Gasteiger partial charge on any atom is -0.412 e. The maximum absolute atomic E-state index is 11.8. The van der Waals surface area contributed by atoms with Gasteiger partial charge in [0.05, 0.1) is 0 Å². The van der Waals surface area contributed by atoms with Crippen LogP contribution in [0.4, 0.5) is 4.79 Å². The van der Waals surface area contributed by atoms with Crippen LogP contribution < -0.4 is 5.73 Å². The maximum Gasteiger partial charge on any atom is 0.407 e. The Morgan fingerprint density at radius 3 is 2.44 bits per heavy atom. The smallest absolute Gasteiger partial charge is 0.407 e. The molecule has 16 heavy (non-hydrogen) atoms. The highest BCUT2D eigenvalue weighted by molar-refractivity contribution is 5.99. The van der Waals surface area contributed by atoms with Gasteiger partial charge in [-0.05, 0) is 6.92 Å². The fraction of sp³-hybridized carbons (Fsp3) is 0.273. The molecule has 1 unspecified atom stereocenters. The summed E-state index contributed by atoms with van der Waals surface area (Å²) >= 11 is 0. The average Bonchev–Trinajstić information content (AvgIpc) is 2.28. The lowest BCUT2D eigenvalue weighted by atomic mass is 10.1. The van der Waals surface area contributed by atoms with Gasteiger partial charge in [-0.25, -0.2) is 4.79 Å². The lowest BCUT2D eigenvalue weighted by Gasteiger charge is -2.14. The van der Waals surface area contributed by atoms with Gasteiger partial charge in [0.15, 0.2) is 0 Å². The predicted molar refractivity (Wildman–Crippen MR) is 56.9 cm³/mol. The van der Waals surface area contributed by atoms with E-state index in [-0.39, 0.29) is 6.61 Å². The third kappa shape index (κ3) is 3.36. The molecule has 0 heterocycles. The van der Waals surface area contributed by atoms with Gasteiger partial charge < -0.3 is 15.2 Å². The highest BCUT2D eigenvalue weighted by atomic mass is 16.7. The molecule has 0 aliphatic rings. The van der Waals surface area contributed by atoms with Crippen LogP contribution in [0.2, 0.25) is 0 Å². The molecule has 0 aliphatic carbocycles. The third-order valence-corrected chi connectivity index (χ3v) is 1.81.